The molecule has 5 atom stereocenters. The van der Waals surface area contributed by atoms with Gasteiger partial charge in [0.25, 0.3) is 0 Å². The predicted molar refractivity (Wildman–Crippen MR) is 182 cm³/mol. The molecular formula is C37H40O6S2. The van der Waals surface area contributed by atoms with E-state index >= 15 is 0 Å². The molecule has 6 nitrogen and oxygen atoms in total. The van der Waals surface area contributed by atoms with E-state index in [2.05, 4.69) is 12.1 Å². The normalized spacial score (nSPS) is 21.3. The Morgan fingerprint density at radius 2 is 1.02 bits per heavy atom. The zero-order valence-electron chi connectivity index (χ0n) is 25.4. The van der Waals surface area contributed by atoms with Crippen molar-refractivity contribution in [2.24, 2.45) is 0 Å². The second-order valence-electron chi connectivity index (χ2n) is 10.6. The third-order valence-electron chi connectivity index (χ3n) is 7.32. The largest absolute Gasteiger partial charge is 0.479 e. The van der Waals surface area contributed by atoms with Crippen LogP contribution in [0.4, 0.5) is 0 Å². The molecule has 4 aromatic rings. The standard InChI is InChI=1S/C37H40O6S2/c1-2-39-37(44)45-36-35(42-26-31-21-13-6-14-22-31)34(41-25-30-19-11-5-12-20-30)33(40-24-29-17-9-4-10-18-29)32(43-36)27-38-23-28-15-7-3-8-16-28/h3-22,32-36H,2,23-27H2,1H3/t32-,33+,34+,35-,36+/m1/s1. The molecule has 0 saturated carbocycles. The second-order valence-corrected chi connectivity index (χ2v) is 12.3. The zero-order chi connectivity index (χ0) is 31.1. The summed E-state index contributed by atoms with van der Waals surface area (Å²) in [4.78, 5) is 0. The van der Waals surface area contributed by atoms with E-state index in [9.17, 15) is 0 Å². The van der Waals surface area contributed by atoms with Crippen molar-refractivity contribution in [2.75, 3.05) is 13.2 Å². The van der Waals surface area contributed by atoms with Crippen LogP contribution >= 0.6 is 24.0 Å². The summed E-state index contributed by atoms with van der Waals surface area (Å²) < 4.78 is 39.2. The average Bonchev–Trinajstić information content (AvgIpc) is 3.08. The van der Waals surface area contributed by atoms with E-state index in [1.54, 1.807) is 0 Å². The van der Waals surface area contributed by atoms with Gasteiger partial charge in [0.1, 0.15) is 29.9 Å². The van der Waals surface area contributed by atoms with Gasteiger partial charge in [0.15, 0.2) is 0 Å². The van der Waals surface area contributed by atoms with Gasteiger partial charge in [0.2, 0.25) is 4.38 Å². The van der Waals surface area contributed by atoms with Gasteiger partial charge < -0.3 is 28.4 Å². The smallest absolute Gasteiger partial charge is 0.222 e. The fourth-order valence-electron chi connectivity index (χ4n) is 5.09. The van der Waals surface area contributed by atoms with E-state index in [0.29, 0.717) is 44.0 Å². The first-order valence-electron chi connectivity index (χ1n) is 15.3. The van der Waals surface area contributed by atoms with Crippen LogP contribution in [-0.2, 0) is 54.8 Å². The zero-order valence-corrected chi connectivity index (χ0v) is 27.1. The van der Waals surface area contributed by atoms with Gasteiger partial charge in [0.05, 0.1) is 39.6 Å². The highest BCUT2D eigenvalue weighted by Crippen LogP contribution is 2.36. The van der Waals surface area contributed by atoms with Crippen LogP contribution < -0.4 is 0 Å². The van der Waals surface area contributed by atoms with E-state index in [4.69, 9.17) is 40.6 Å². The maximum Gasteiger partial charge on any atom is 0.222 e. The highest BCUT2D eigenvalue weighted by Gasteiger charge is 2.49. The molecule has 236 valence electrons. The van der Waals surface area contributed by atoms with Crippen molar-refractivity contribution >= 4 is 28.4 Å². The van der Waals surface area contributed by atoms with Gasteiger partial charge in [-0.3, -0.25) is 0 Å². The van der Waals surface area contributed by atoms with Crippen LogP contribution in [0.15, 0.2) is 121 Å². The van der Waals surface area contributed by atoms with E-state index in [1.165, 1.54) is 11.8 Å². The lowest BCUT2D eigenvalue weighted by Gasteiger charge is -2.45. The Morgan fingerprint density at radius 1 is 0.600 bits per heavy atom. The Hall–Kier alpha value is -3.08. The third-order valence-corrected chi connectivity index (χ3v) is 8.64. The minimum absolute atomic E-state index is 0.295. The average molecular weight is 645 g/mol. The second kappa shape index (κ2) is 18.2. The van der Waals surface area contributed by atoms with E-state index < -0.39 is 29.9 Å². The number of thiocarbonyl (C=S) groups is 1. The van der Waals surface area contributed by atoms with Crippen LogP contribution in [0.25, 0.3) is 0 Å². The Morgan fingerprint density at radius 3 is 1.49 bits per heavy atom. The van der Waals surface area contributed by atoms with Crippen LogP contribution in [0.1, 0.15) is 29.2 Å². The molecule has 8 heteroatoms. The summed E-state index contributed by atoms with van der Waals surface area (Å²) >= 11 is 6.92. The maximum absolute atomic E-state index is 6.77. The van der Waals surface area contributed by atoms with Crippen molar-refractivity contribution in [1.82, 2.24) is 0 Å². The van der Waals surface area contributed by atoms with Gasteiger partial charge in [-0.15, -0.1) is 0 Å². The van der Waals surface area contributed by atoms with Crippen LogP contribution in [-0.4, -0.2) is 47.4 Å². The molecule has 1 fully saturated rings. The highest BCUT2D eigenvalue weighted by atomic mass is 32.2. The van der Waals surface area contributed by atoms with Crippen LogP contribution in [0.5, 0.6) is 0 Å². The van der Waals surface area contributed by atoms with Crippen molar-refractivity contribution in [2.45, 2.75) is 63.2 Å². The predicted octanol–water partition coefficient (Wildman–Crippen LogP) is 7.74. The summed E-state index contributed by atoms with van der Waals surface area (Å²) in [6, 6.07) is 40.4. The van der Waals surface area contributed by atoms with Crippen molar-refractivity contribution in [1.29, 1.82) is 0 Å². The quantitative estimate of drug-likeness (QED) is 0.122. The molecule has 1 heterocycles. The van der Waals surface area contributed by atoms with Crippen LogP contribution in [0.2, 0.25) is 0 Å². The van der Waals surface area contributed by atoms with Gasteiger partial charge in [0, 0.05) is 0 Å². The number of hydrogen-bond acceptors (Lipinski definition) is 8. The summed E-state index contributed by atoms with van der Waals surface area (Å²) in [5, 5.41) is 0. The first-order chi connectivity index (χ1) is 22.2. The van der Waals surface area contributed by atoms with E-state index in [-0.39, 0.29) is 0 Å². The summed E-state index contributed by atoms with van der Waals surface area (Å²) in [6.45, 7) is 4.27. The number of thioether (sulfide) groups is 1. The fourth-order valence-corrected chi connectivity index (χ4v) is 6.43. The summed E-state index contributed by atoms with van der Waals surface area (Å²) in [6.07, 6.45) is -1.98. The molecule has 45 heavy (non-hydrogen) atoms. The molecular weight excluding hydrogens is 605 g/mol. The molecule has 4 aromatic carbocycles. The molecule has 0 unspecified atom stereocenters. The molecule has 0 aliphatic carbocycles. The minimum atomic E-state index is -0.525. The van der Waals surface area contributed by atoms with Crippen LogP contribution in [0.3, 0.4) is 0 Å². The molecule has 0 N–H and O–H groups in total. The van der Waals surface area contributed by atoms with E-state index in [0.717, 1.165) is 22.3 Å². The number of ether oxygens (including phenoxy) is 6. The molecule has 0 bridgehead atoms. The fraction of sp³-hybridized carbons (Fsp3) is 0.324. The topological polar surface area (TPSA) is 55.4 Å². The van der Waals surface area contributed by atoms with Gasteiger partial charge >= 0.3 is 0 Å². The summed E-state index contributed by atoms with van der Waals surface area (Å²) in [5.41, 5.74) is 3.72. The highest BCUT2D eigenvalue weighted by molar-refractivity contribution is 8.22. The minimum Gasteiger partial charge on any atom is -0.479 e. The Kier molecular flexibility index (Phi) is 13.4. The Balaban J connectivity index is 1.44. The van der Waals surface area contributed by atoms with Crippen LogP contribution in [0, 0.1) is 0 Å². The lowest BCUT2D eigenvalue weighted by molar-refractivity contribution is -0.254. The SMILES string of the molecule is CCOC(=S)S[C@@H]1O[C@H](COCc2ccccc2)[C@H](OCc2ccccc2)[C@H](OCc2ccccc2)[C@H]1OCc1ccccc1. The molecule has 1 aliphatic rings. The first kappa shape index (κ1) is 33.3. The lowest BCUT2D eigenvalue weighted by Crippen LogP contribution is -2.60. The van der Waals surface area contributed by atoms with Crippen molar-refractivity contribution in [3.05, 3.63) is 144 Å². The number of benzene rings is 4. The molecule has 0 radical (unpaired) electrons. The lowest BCUT2D eigenvalue weighted by atomic mass is 9.98. The maximum atomic E-state index is 6.77. The summed E-state index contributed by atoms with van der Waals surface area (Å²) in [7, 11) is 0. The first-order valence-corrected chi connectivity index (χ1v) is 16.6. The number of rotatable bonds is 15. The van der Waals surface area contributed by atoms with Gasteiger partial charge in [-0.25, -0.2) is 0 Å². The third kappa shape index (κ3) is 10.5. The van der Waals surface area contributed by atoms with Gasteiger partial charge in [-0.05, 0) is 53.2 Å². The van der Waals surface area contributed by atoms with Gasteiger partial charge in [-0.1, -0.05) is 121 Å². The van der Waals surface area contributed by atoms with Gasteiger partial charge in [-0.2, -0.15) is 0 Å². The van der Waals surface area contributed by atoms with Crippen molar-refractivity contribution < 1.29 is 28.4 Å². The molecule has 1 aliphatic heterocycles. The molecule has 1 saturated heterocycles. The number of hydrogen-bond donors (Lipinski definition) is 0. The van der Waals surface area contributed by atoms with Crippen molar-refractivity contribution in [3.8, 4) is 0 Å². The molecule has 0 spiro atoms. The molecule has 5 rings (SSSR count). The summed E-state index contributed by atoms with van der Waals surface area (Å²) in [5.74, 6) is 0. The van der Waals surface area contributed by atoms with Crippen molar-refractivity contribution in [3.63, 3.8) is 0 Å². The monoisotopic (exact) mass is 644 g/mol. The molecule has 0 amide bonds. The Bertz CT molecular complexity index is 1390. The van der Waals surface area contributed by atoms with E-state index in [1.807, 2.05) is 116 Å². The Labute approximate surface area is 276 Å². The molecule has 0 aromatic heterocycles.